The Morgan fingerprint density at radius 1 is 1.45 bits per heavy atom. The number of nitriles is 1. The highest BCUT2D eigenvalue weighted by Gasteiger charge is 2.39. The second-order valence-electron chi connectivity index (χ2n) is 3.32. The summed E-state index contributed by atoms with van der Waals surface area (Å²) < 4.78 is 5.05. The molecular formula is C8H15NO2. The molecule has 0 rings (SSSR count). The molecule has 0 fully saturated rings. The lowest BCUT2D eigenvalue weighted by molar-refractivity contribution is -0.137. The van der Waals surface area contributed by atoms with Gasteiger partial charge in [-0.15, -0.1) is 0 Å². The number of hydrogen-bond donors (Lipinski definition) is 1. The molecule has 3 nitrogen and oxygen atoms in total. The molecule has 1 atom stereocenters. The van der Waals surface area contributed by atoms with Crippen molar-refractivity contribution < 1.29 is 9.84 Å². The van der Waals surface area contributed by atoms with Gasteiger partial charge in [0.15, 0.2) is 0 Å². The SMILES string of the molecule is COC(C)(C)C(C)(O)CC#N. The standard InChI is InChI=1S/C8H15NO2/c1-7(2,11-4)8(3,10)5-6-9/h10H,5H2,1-4H3. The van der Waals surface area contributed by atoms with E-state index in [4.69, 9.17) is 10.00 Å². The summed E-state index contributed by atoms with van der Waals surface area (Å²) in [7, 11) is 1.52. The Morgan fingerprint density at radius 2 is 1.91 bits per heavy atom. The van der Waals surface area contributed by atoms with Crippen molar-refractivity contribution >= 4 is 0 Å². The van der Waals surface area contributed by atoms with Crippen LogP contribution < -0.4 is 0 Å². The predicted molar refractivity (Wildman–Crippen MR) is 41.9 cm³/mol. The van der Waals surface area contributed by atoms with Gasteiger partial charge in [-0.05, 0) is 20.8 Å². The Labute approximate surface area is 67.6 Å². The normalized spacial score (nSPS) is 17.1. The Balaban J connectivity index is 4.42. The summed E-state index contributed by atoms with van der Waals surface area (Å²) >= 11 is 0. The summed E-state index contributed by atoms with van der Waals surface area (Å²) in [5.74, 6) is 0. The maximum atomic E-state index is 9.69. The number of ether oxygens (including phenoxy) is 1. The van der Waals surface area contributed by atoms with Crippen LogP contribution in [0.15, 0.2) is 0 Å². The van der Waals surface area contributed by atoms with Crippen LogP contribution in [-0.2, 0) is 4.74 Å². The van der Waals surface area contributed by atoms with Gasteiger partial charge >= 0.3 is 0 Å². The predicted octanol–water partition coefficient (Wildman–Crippen LogP) is 1.08. The first-order valence-electron chi connectivity index (χ1n) is 3.52. The summed E-state index contributed by atoms with van der Waals surface area (Å²) in [4.78, 5) is 0. The zero-order valence-corrected chi connectivity index (χ0v) is 7.51. The molecule has 64 valence electrons. The molecule has 0 aliphatic rings. The van der Waals surface area contributed by atoms with Crippen molar-refractivity contribution in [3.63, 3.8) is 0 Å². The van der Waals surface area contributed by atoms with E-state index in [9.17, 15) is 5.11 Å². The number of hydrogen-bond acceptors (Lipinski definition) is 3. The molecule has 0 aromatic rings. The van der Waals surface area contributed by atoms with Crippen LogP contribution in [0.2, 0.25) is 0 Å². The van der Waals surface area contributed by atoms with Crippen LogP contribution >= 0.6 is 0 Å². The third-order valence-electron chi connectivity index (χ3n) is 2.23. The second-order valence-corrected chi connectivity index (χ2v) is 3.32. The molecule has 0 heterocycles. The van der Waals surface area contributed by atoms with Crippen molar-refractivity contribution in [1.82, 2.24) is 0 Å². The van der Waals surface area contributed by atoms with E-state index >= 15 is 0 Å². The highest BCUT2D eigenvalue weighted by Crippen LogP contribution is 2.27. The number of nitrogens with zero attached hydrogens (tertiary/aromatic N) is 1. The molecule has 1 unspecified atom stereocenters. The highest BCUT2D eigenvalue weighted by molar-refractivity contribution is 4.97. The van der Waals surface area contributed by atoms with Crippen LogP contribution in [-0.4, -0.2) is 23.4 Å². The number of rotatable bonds is 3. The van der Waals surface area contributed by atoms with Gasteiger partial charge in [0.2, 0.25) is 0 Å². The van der Waals surface area contributed by atoms with Gasteiger partial charge in [-0.2, -0.15) is 5.26 Å². The molecule has 0 amide bonds. The Hall–Kier alpha value is -0.590. The van der Waals surface area contributed by atoms with Crippen LogP contribution in [0.4, 0.5) is 0 Å². The molecule has 0 saturated heterocycles. The van der Waals surface area contributed by atoms with Crippen molar-refractivity contribution in [1.29, 1.82) is 5.26 Å². The smallest absolute Gasteiger partial charge is 0.103 e. The fraction of sp³-hybridized carbons (Fsp3) is 0.875. The molecule has 0 aromatic heterocycles. The van der Waals surface area contributed by atoms with Gasteiger partial charge in [0.1, 0.15) is 5.60 Å². The van der Waals surface area contributed by atoms with Crippen molar-refractivity contribution in [2.24, 2.45) is 0 Å². The third kappa shape index (κ3) is 2.18. The molecule has 0 radical (unpaired) electrons. The van der Waals surface area contributed by atoms with E-state index in [1.54, 1.807) is 20.8 Å². The van der Waals surface area contributed by atoms with E-state index < -0.39 is 11.2 Å². The van der Waals surface area contributed by atoms with E-state index in [0.29, 0.717) is 0 Å². The number of methoxy groups -OCH3 is 1. The quantitative estimate of drug-likeness (QED) is 0.666. The van der Waals surface area contributed by atoms with Crippen molar-refractivity contribution in [3.8, 4) is 6.07 Å². The molecule has 11 heavy (non-hydrogen) atoms. The minimum atomic E-state index is -1.09. The summed E-state index contributed by atoms with van der Waals surface area (Å²) in [5.41, 5.74) is -1.76. The van der Waals surface area contributed by atoms with Crippen LogP contribution in [0.5, 0.6) is 0 Å². The molecule has 0 saturated carbocycles. The molecule has 0 aliphatic carbocycles. The molecule has 0 spiro atoms. The lowest BCUT2D eigenvalue weighted by Gasteiger charge is -2.37. The summed E-state index contributed by atoms with van der Waals surface area (Å²) in [6.45, 7) is 5.11. The minimum Gasteiger partial charge on any atom is -0.386 e. The molecule has 0 bridgehead atoms. The number of aliphatic hydroxyl groups is 1. The first kappa shape index (κ1) is 10.4. The van der Waals surface area contributed by atoms with Crippen LogP contribution in [0.1, 0.15) is 27.2 Å². The fourth-order valence-corrected chi connectivity index (χ4v) is 0.587. The highest BCUT2D eigenvalue weighted by atomic mass is 16.5. The summed E-state index contributed by atoms with van der Waals surface area (Å²) in [6.07, 6.45) is 0.0772. The maximum absolute atomic E-state index is 9.69. The minimum absolute atomic E-state index is 0.0772. The lowest BCUT2D eigenvalue weighted by atomic mass is 9.85. The van der Waals surface area contributed by atoms with E-state index in [2.05, 4.69) is 0 Å². The van der Waals surface area contributed by atoms with Crippen LogP contribution in [0.3, 0.4) is 0 Å². The van der Waals surface area contributed by atoms with Crippen molar-refractivity contribution in [2.75, 3.05) is 7.11 Å². The Kier molecular flexibility index (Phi) is 3.03. The second kappa shape index (κ2) is 3.21. The van der Waals surface area contributed by atoms with Gasteiger partial charge in [-0.1, -0.05) is 0 Å². The zero-order valence-electron chi connectivity index (χ0n) is 7.51. The van der Waals surface area contributed by atoms with Gasteiger partial charge in [-0.3, -0.25) is 0 Å². The van der Waals surface area contributed by atoms with E-state index in [1.807, 2.05) is 6.07 Å². The van der Waals surface area contributed by atoms with Gasteiger partial charge in [0.05, 0.1) is 18.1 Å². The molecular weight excluding hydrogens is 142 g/mol. The van der Waals surface area contributed by atoms with E-state index in [0.717, 1.165) is 0 Å². The fourth-order valence-electron chi connectivity index (χ4n) is 0.587. The first-order chi connectivity index (χ1) is 4.87. The van der Waals surface area contributed by atoms with Crippen LogP contribution in [0.25, 0.3) is 0 Å². The molecule has 3 heteroatoms. The summed E-state index contributed by atoms with van der Waals surface area (Å²) in [6, 6.07) is 1.92. The van der Waals surface area contributed by atoms with E-state index in [1.165, 1.54) is 7.11 Å². The van der Waals surface area contributed by atoms with Crippen molar-refractivity contribution in [2.45, 2.75) is 38.4 Å². The van der Waals surface area contributed by atoms with Gasteiger partial charge < -0.3 is 9.84 Å². The van der Waals surface area contributed by atoms with Gasteiger partial charge in [-0.25, -0.2) is 0 Å². The zero-order chi connectivity index (χ0) is 9.12. The van der Waals surface area contributed by atoms with Crippen LogP contribution in [0, 0.1) is 11.3 Å². The Bertz CT molecular complexity index is 167. The Morgan fingerprint density at radius 3 is 2.18 bits per heavy atom. The van der Waals surface area contributed by atoms with Gasteiger partial charge in [0.25, 0.3) is 0 Å². The lowest BCUT2D eigenvalue weighted by Crippen LogP contribution is -2.48. The molecule has 0 aromatic carbocycles. The molecule has 1 N–H and O–H groups in total. The average molecular weight is 157 g/mol. The van der Waals surface area contributed by atoms with Gasteiger partial charge in [0, 0.05) is 7.11 Å². The topological polar surface area (TPSA) is 53.2 Å². The molecule has 0 aliphatic heterocycles. The maximum Gasteiger partial charge on any atom is 0.103 e. The van der Waals surface area contributed by atoms with E-state index in [-0.39, 0.29) is 6.42 Å². The monoisotopic (exact) mass is 157 g/mol. The van der Waals surface area contributed by atoms with Crippen molar-refractivity contribution in [3.05, 3.63) is 0 Å². The summed E-state index contributed by atoms with van der Waals surface area (Å²) in [5, 5.41) is 18.1. The average Bonchev–Trinajstić information content (AvgIpc) is 1.87. The largest absolute Gasteiger partial charge is 0.386 e. The third-order valence-corrected chi connectivity index (χ3v) is 2.23. The first-order valence-corrected chi connectivity index (χ1v) is 3.52.